The fourth-order valence-electron chi connectivity index (χ4n) is 2.46. The Kier molecular flexibility index (Phi) is 6.85. The molecule has 0 radical (unpaired) electrons. The second-order valence-electron chi connectivity index (χ2n) is 6.37. The van der Waals surface area contributed by atoms with Gasteiger partial charge in [0.05, 0.1) is 0 Å². The van der Waals surface area contributed by atoms with E-state index in [4.69, 9.17) is 16.3 Å². The van der Waals surface area contributed by atoms with Gasteiger partial charge in [-0.2, -0.15) is 0 Å². The molecular formula is C21H20ClN3O3S. The fourth-order valence-corrected chi connectivity index (χ4v) is 3.31. The normalized spacial score (nSPS) is 11.6. The second-order valence-corrected chi connectivity index (χ2v) is 7.67. The van der Waals surface area contributed by atoms with E-state index in [0.717, 1.165) is 11.1 Å². The van der Waals surface area contributed by atoms with E-state index in [1.165, 1.54) is 18.3 Å². The number of ether oxygens (including phenoxy) is 1. The summed E-state index contributed by atoms with van der Waals surface area (Å²) in [6.07, 6.45) is -0.983. The van der Waals surface area contributed by atoms with E-state index in [-0.39, 0.29) is 5.69 Å². The predicted octanol–water partition coefficient (Wildman–Crippen LogP) is 4.90. The van der Waals surface area contributed by atoms with Crippen LogP contribution in [0.4, 0.5) is 10.8 Å². The molecular weight excluding hydrogens is 410 g/mol. The number of nitrogens with one attached hydrogen (secondary N) is 2. The van der Waals surface area contributed by atoms with Crippen LogP contribution in [0.1, 0.15) is 28.5 Å². The van der Waals surface area contributed by atoms with Crippen LogP contribution < -0.4 is 10.6 Å². The first kappa shape index (κ1) is 20.8. The molecule has 1 unspecified atom stereocenters. The summed E-state index contributed by atoms with van der Waals surface area (Å²) in [4.78, 5) is 28.9. The average molecular weight is 430 g/mol. The topological polar surface area (TPSA) is 80.3 Å². The first-order chi connectivity index (χ1) is 13.9. The van der Waals surface area contributed by atoms with E-state index in [0.29, 0.717) is 22.4 Å². The minimum absolute atomic E-state index is 0.157. The Labute approximate surface area is 177 Å². The number of nitrogens with zero attached hydrogens (tertiary/aromatic N) is 1. The number of aromatic nitrogens is 1. The summed E-state index contributed by atoms with van der Waals surface area (Å²) < 4.78 is 5.25. The minimum atomic E-state index is -0.983. The monoisotopic (exact) mass is 429 g/mol. The molecule has 0 aliphatic heterocycles. The molecule has 0 spiro atoms. The number of halogens is 1. The Hall–Kier alpha value is -2.90. The lowest BCUT2D eigenvalue weighted by atomic mass is 10.2. The summed E-state index contributed by atoms with van der Waals surface area (Å²) in [6, 6.07) is 15.0. The first-order valence-electron chi connectivity index (χ1n) is 8.93. The molecule has 3 aromatic rings. The van der Waals surface area contributed by atoms with Crippen LogP contribution in [0.5, 0.6) is 0 Å². The Bertz CT molecular complexity index is 1010. The summed E-state index contributed by atoms with van der Waals surface area (Å²) >= 11 is 7.26. The lowest BCUT2D eigenvalue weighted by molar-refractivity contribution is -0.123. The van der Waals surface area contributed by atoms with Crippen molar-refractivity contribution in [3.8, 4) is 0 Å². The lowest BCUT2D eigenvalue weighted by Gasteiger charge is -2.14. The highest BCUT2D eigenvalue weighted by molar-refractivity contribution is 7.13. The summed E-state index contributed by atoms with van der Waals surface area (Å²) in [5.74, 6) is -1.10. The molecule has 0 saturated carbocycles. The van der Waals surface area contributed by atoms with Gasteiger partial charge in [0.25, 0.3) is 5.91 Å². The Morgan fingerprint density at radius 2 is 1.97 bits per heavy atom. The zero-order valence-electron chi connectivity index (χ0n) is 15.9. The molecule has 0 aliphatic rings. The van der Waals surface area contributed by atoms with E-state index in [9.17, 15) is 9.59 Å². The third-order valence-electron chi connectivity index (χ3n) is 4.11. The van der Waals surface area contributed by atoms with Gasteiger partial charge in [0.1, 0.15) is 0 Å². The van der Waals surface area contributed by atoms with Crippen LogP contribution in [0.3, 0.4) is 0 Å². The standard InChI is InChI=1S/C21H20ClN3O3S/c1-13-8-9-16(22)10-17(13)24-19(26)14(2)28-20(27)18-12-29-21(25-18)23-11-15-6-4-3-5-7-15/h3-10,12,14H,11H2,1-2H3,(H,23,25)(H,24,26). The highest BCUT2D eigenvalue weighted by atomic mass is 35.5. The van der Waals surface area contributed by atoms with Gasteiger partial charge in [-0.15, -0.1) is 11.3 Å². The van der Waals surface area contributed by atoms with Gasteiger partial charge in [-0.25, -0.2) is 9.78 Å². The van der Waals surface area contributed by atoms with Gasteiger partial charge in [0, 0.05) is 22.6 Å². The second kappa shape index (κ2) is 9.54. The number of thiazole rings is 1. The molecule has 1 heterocycles. The van der Waals surface area contributed by atoms with Gasteiger partial charge in [0.2, 0.25) is 0 Å². The van der Waals surface area contributed by atoms with Crippen molar-refractivity contribution in [2.75, 3.05) is 10.6 Å². The Balaban J connectivity index is 1.54. The molecule has 1 atom stereocenters. The maximum atomic E-state index is 12.3. The van der Waals surface area contributed by atoms with Gasteiger partial charge in [0.15, 0.2) is 16.9 Å². The number of aryl methyl sites for hydroxylation is 1. The van der Waals surface area contributed by atoms with Crippen LogP contribution in [-0.2, 0) is 16.1 Å². The number of carbonyl (C=O) groups excluding carboxylic acids is 2. The number of esters is 1. The average Bonchev–Trinajstić information content (AvgIpc) is 3.19. The van der Waals surface area contributed by atoms with Crippen molar-refractivity contribution in [2.45, 2.75) is 26.5 Å². The van der Waals surface area contributed by atoms with Gasteiger partial charge < -0.3 is 15.4 Å². The molecule has 0 bridgehead atoms. The molecule has 2 aromatic carbocycles. The van der Waals surface area contributed by atoms with Crippen molar-refractivity contribution < 1.29 is 14.3 Å². The number of carbonyl (C=O) groups is 2. The maximum absolute atomic E-state index is 12.3. The molecule has 1 aromatic heterocycles. The number of benzene rings is 2. The SMILES string of the molecule is Cc1ccc(Cl)cc1NC(=O)C(C)OC(=O)c1csc(NCc2ccccc2)n1. The van der Waals surface area contributed by atoms with Crippen molar-refractivity contribution >= 4 is 45.6 Å². The van der Waals surface area contributed by atoms with E-state index in [1.54, 1.807) is 23.6 Å². The Morgan fingerprint density at radius 1 is 1.21 bits per heavy atom. The molecule has 0 fully saturated rings. The van der Waals surface area contributed by atoms with Crippen molar-refractivity contribution in [3.05, 3.63) is 75.8 Å². The van der Waals surface area contributed by atoms with Gasteiger partial charge in [-0.05, 0) is 37.1 Å². The highest BCUT2D eigenvalue weighted by Crippen LogP contribution is 2.21. The van der Waals surface area contributed by atoms with E-state index >= 15 is 0 Å². The van der Waals surface area contributed by atoms with Crippen molar-refractivity contribution in [3.63, 3.8) is 0 Å². The van der Waals surface area contributed by atoms with Crippen LogP contribution in [0, 0.1) is 6.92 Å². The third kappa shape index (κ3) is 5.79. The minimum Gasteiger partial charge on any atom is -0.448 e. The fraction of sp³-hybridized carbons (Fsp3) is 0.190. The number of hydrogen-bond donors (Lipinski definition) is 2. The van der Waals surface area contributed by atoms with Gasteiger partial charge >= 0.3 is 5.97 Å². The number of anilines is 2. The van der Waals surface area contributed by atoms with Crippen LogP contribution in [0.15, 0.2) is 53.9 Å². The Morgan fingerprint density at radius 3 is 2.72 bits per heavy atom. The molecule has 2 N–H and O–H groups in total. The molecule has 1 amide bonds. The van der Waals surface area contributed by atoms with Crippen LogP contribution in [0.25, 0.3) is 0 Å². The van der Waals surface area contributed by atoms with E-state index in [1.807, 2.05) is 37.3 Å². The third-order valence-corrected chi connectivity index (χ3v) is 5.15. The molecule has 0 saturated heterocycles. The van der Waals surface area contributed by atoms with Crippen LogP contribution >= 0.6 is 22.9 Å². The van der Waals surface area contributed by atoms with E-state index in [2.05, 4.69) is 15.6 Å². The summed E-state index contributed by atoms with van der Waals surface area (Å²) in [6.45, 7) is 3.95. The van der Waals surface area contributed by atoms with Crippen molar-refractivity contribution in [1.82, 2.24) is 4.98 Å². The van der Waals surface area contributed by atoms with Gasteiger partial charge in [-0.3, -0.25) is 4.79 Å². The van der Waals surface area contributed by atoms with Gasteiger partial charge in [-0.1, -0.05) is 48.0 Å². The van der Waals surface area contributed by atoms with Crippen LogP contribution in [-0.4, -0.2) is 23.0 Å². The number of amides is 1. The first-order valence-corrected chi connectivity index (χ1v) is 10.2. The van der Waals surface area contributed by atoms with Crippen molar-refractivity contribution in [2.24, 2.45) is 0 Å². The quantitative estimate of drug-likeness (QED) is 0.522. The molecule has 0 aliphatic carbocycles. The zero-order valence-corrected chi connectivity index (χ0v) is 17.5. The molecule has 8 heteroatoms. The van der Waals surface area contributed by atoms with Crippen molar-refractivity contribution in [1.29, 1.82) is 0 Å². The number of hydrogen-bond acceptors (Lipinski definition) is 6. The summed E-state index contributed by atoms with van der Waals surface area (Å²) in [5, 5.41) is 8.60. The maximum Gasteiger partial charge on any atom is 0.358 e. The zero-order chi connectivity index (χ0) is 20.8. The molecule has 3 rings (SSSR count). The molecule has 6 nitrogen and oxygen atoms in total. The molecule has 150 valence electrons. The largest absolute Gasteiger partial charge is 0.448 e. The smallest absolute Gasteiger partial charge is 0.358 e. The lowest BCUT2D eigenvalue weighted by Crippen LogP contribution is -2.30. The predicted molar refractivity (Wildman–Crippen MR) is 116 cm³/mol. The van der Waals surface area contributed by atoms with Crippen LogP contribution in [0.2, 0.25) is 5.02 Å². The summed E-state index contributed by atoms with van der Waals surface area (Å²) in [5.41, 5.74) is 2.69. The highest BCUT2D eigenvalue weighted by Gasteiger charge is 2.21. The summed E-state index contributed by atoms with van der Waals surface area (Å²) in [7, 11) is 0. The van der Waals surface area contributed by atoms with E-state index < -0.39 is 18.0 Å². The molecule has 29 heavy (non-hydrogen) atoms. The number of rotatable bonds is 7.